The van der Waals surface area contributed by atoms with Gasteiger partial charge in [0, 0.05) is 19.3 Å². The normalized spacial score (nSPS) is 43.7. The van der Waals surface area contributed by atoms with E-state index in [4.69, 9.17) is 8.92 Å². The number of ether oxygens (including phenoxy) is 1. The van der Waals surface area contributed by atoms with Crippen molar-refractivity contribution in [1.29, 1.82) is 0 Å². The van der Waals surface area contributed by atoms with E-state index in [0.29, 0.717) is 19.3 Å². The SMILES string of the molecule is C[C@@]12CC(=O)[C@@](C)(C[C@@H](OS(C)(=O)=O)C1)O2. The van der Waals surface area contributed by atoms with Crippen LogP contribution in [0.15, 0.2) is 0 Å². The summed E-state index contributed by atoms with van der Waals surface area (Å²) >= 11 is 0. The van der Waals surface area contributed by atoms with E-state index in [1.165, 1.54) is 0 Å². The fourth-order valence-corrected chi connectivity index (χ4v) is 3.37. The van der Waals surface area contributed by atoms with E-state index in [-0.39, 0.29) is 5.78 Å². The minimum absolute atomic E-state index is 0.0367. The molecule has 92 valence electrons. The molecule has 2 saturated heterocycles. The lowest BCUT2D eigenvalue weighted by molar-refractivity contribution is -0.161. The van der Waals surface area contributed by atoms with Crippen molar-refractivity contribution in [2.45, 2.75) is 50.4 Å². The minimum atomic E-state index is -3.48. The highest BCUT2D eigenvalue weighted by molar-refractivity contribution is 7.86. The highest BCUT2D eigenvalue weighted by Crippen LogP contribution is 2.46. The van der Waals surface area contributed by atoms with Crippen LogP contribution in [0.2, 0.25) is 0 Å². The third-order valence-corrected chi connectivity index (χ3v) is 3.81. The summed E-state index contributed by atoms with van der Waals surface area (Å²) in [4.78, 5) is 11.8. The van der Waals surface area contributed by atoms with Crippen molar-refractivity contribution >= 4 is 15.9 Å². The van der Waals surface area contributed by atoms with Gasteiger partial charge in [-0.1, -0.05) is 0 Å². The van der Waals surface area contributed by atoms with Crippen LogP contribution in [0.25, 0.3) is 0 Å². The van der Waals surface area contributed by atoms with Gasteiger partial charge in [0.2, 0.25) is 0 Å². The lowest BCUT2D eigenvalue weighted by Gasteiger charge is -2.38. The van der Waals surface area contributed by atoms with Crippen LogP contribution in [0.3, 0.4) is 0 Å². The summed E-state index contributed by atoms with van der Waals surface area (Å²) in [7, 11) is -3.48. The smallest absolute Gasteiger partial charge is 0.264 e. The van der Waals surface area contributed by atoms with Crippen molar-refractivity contribution in [2.75, 3.05) is 6.26 Å². The summed E-state index contributed by atoms with van der Waals surface area (Å²) in [5.41, 5.74) is -1.44. The molecule has 0 spiro atoms. The Kier molecular flexibility index (Phi) is 2.46. The summed E-state index contributed by atoms with van der Waals surface area (Å²) in [6, 6.07) is 0. The predicted molar refractivity (Wildman–Crippen MR) is 56.5 cm³/mol. The third kappa shape index (κ3) is 2.14. The number of rotatable bonds is 2. The Morgan fingerprint density at radius 3 is 2.50 bits per heavy atom. The van der Waals surface area contributed by atoms with E-state index in [9.17, 15) is 13.2 Å². The van der Waals surface area contributed by atoms with E-state index in [0.717, 1.165) is 6.26 Å². The third-order valence-electron chi connectivity index (χ3n) is 3.18. The first-order chi connectivity index (χ1) is 7.12. The van der Waals surface area contributed by atoms with Crippen LogP contribution in [0, 0.1) is 0 Å². The molecule has 0 saturated carbocycles. The van der Waals surface area contributed by atoms with Gasteiger partial charge in [-0.2, -0.15) is 8.42 Å². The fourth-order valence-electron chi connectivity index (χ4n) is 2.74. The van der Waals surface area contributed by atoms with Gasteiger partial charge in [-0.25, -0.2) is 0 Å². The zero-order valence-corrected chi connectivity index (χ0v) is 10.5. The zero-order valence-electron chi connectivity index (χ0n) is 9.65. The maximum absolute atomic E-state index is 11.8. The summed E-state index contributed by atoms with van der Waals surface area (Å²) in [5.74, 6) is 0.0367. The maximum atomic E-state index is 11.8. The molecule has 2 heterocycles. The fraction of sp³-hybridized carbons (Fsp3) is 0.900. The molecule has 16 heavy (non-hydrogen) atoms. The van der Waals surface area contributed by atoms with Gasteiger partial charge in [-0.3, -0.25) is 8.98 Å². The first-order valence-corrected chi connectivity index (χ1v) is 7.05. The number of carbonyl (C=O) groups is 1. The highest BCUT2D eigenvalue weighted by Gasteiger charge is 2.56. The van der Waals surface area contributed by atoms with Crippen molar-refractivity contribution < 1.29 is 22.1 Å². The molecule has 2 bridgehead atoms. The lowest BCUT2D eigenvalue weighted by Crippen LogP contribution is -2.46. The molecule has 2 rings (SSSR count). The predicted octanol–water partition coefficient (Wildman–Crippen LogP) is 0.632. The van der Waals surface area contributed by atoms with Gasteiger partial charge in [0.05, 0.1) is 18.0 Å². The second-order valence-electron chi connectivity index (χ2n) is 5.21. The van der Waals surface area contributed by atoms with Crippen molar-refractivity contribution in [1.82, 2.24) is 0 Å². The molecule has 0 N–H and O–H groups in total. The summed E-state index contributed by atoms with van der Waals surface area (Å²) in [6.07, 6.45) is 1.67. The Morgan fingerprint density at radius 1 is 1.38 bits per heavy atom. The van der Waals surface area contributed by atoms with E-state index in [1.807, 2.05) is 6.92 Å². The van der Waals surface area contributed by atoms with Crippen LogP contribution in [-0.2, 0) is 23.8 Å². The van der Waals surface area contributed by atoms with Crippen LogP contribution in [0.5, 0.6) is 0 Å². The van der Waals surface area contributed by atoms with Crippen LogP contribution < -0.4 is 0 Å². The van der Waals surface area contributed by atoms with Gasteiger partial charge in [-0.15, -0.1) is 0 Å². The van der Waals surface area contributed by atoms with Gasteiger partial charge in [0.15, 0.2) is 5.78 Å². The molecule has 5 nitrogen and oxygen atoms in total. The second kappa shape index (κ2) is 3.27. The Balaban J connectivity index is 2.21. The van der Waals surface area contributed by atoms with Crippen LogP contribution in [0.1, 0.15) is 33.1 Å². The number of hydrogen-bond acceptors (Lipinski definition) is 5. The van der Waals surface area contributed by atoms with E-state index < -0.39 is 27.4 Å². The number of ketones is 1. The van der Waals surface area contributed by atoms with E-state index >= 15 is 0 Å². The molecule has 0 aromatic rings. The summed E-state index contributed by atoms with van der Waals surface area (Å²) < 4.78 is 32.8. The van der Waals surface area contributed by atoms with Gasteiger partial charge in [-0.05, 0) is 13.8 Å². The van der Waals surface area contributed by atoms with Crippen molar-refractivity contribution in [2.24, 2.45) is 0 Å². The molecule has 2 fully saturated rings. The quantitative estimate of drug-likeness (QED) is 0.670. The summed E-state index contributed by atoms with van der Waals surface area (Å²) in [6.45, 7) is 3.53. The molecule has 2 aliphatic rings. The minimum Gasteiger partial charge on any atom is -0.361 e. The molecule has 3 atom stereocenters. The first-order valence-electron chi connectivity index (χ1n) is 5.24. The molecular formula is C10H16O5S. The molecule has 2 aliphatic heterocycles. The Bertz CT molecular complexity index is 428. The number of carbonyl (C=O) groups excluding carboxylic acids is 1. The summed E-state index contributed by atoms with van der Waals surface area (Å²) in [5, 5.41) is 0. The van der Waals surface area contributed by atoms with E-state index in [1.54, 1.807) is 6.92 Å². The van der Waals surface area contributed by atoms with E-state index in [2.05, 4.69) is 0 Å². The molecule has 6 heteroatoms. The molecule has 0 aliphatic carbocycles. The molecular weight excluding hydrogens is 232 g/mol. The van der Waals surface area contributed by atoms with Gasteiger partial charge < -0.3 is 4.74 Å². The Hall–Kier alpha value is -0.460. The molecule has 0 unspecified atom stereocenters. The molecule has 0 aromatic carbocycles. The number of Topliss-reactive ketones (excluding diaryl/α,β-unsaturated/α-hetero) is 1. The Morgan fingerprint density at radius 2 is 2.00 bits per heavy atom. The number of hydrogen-bond donors (Lipinski definition) is 0. The largest absolute Gasteiger partial charge is 0.361 e. The highest BCUT2D eigenvalue weighted by atomic mass is 32.2. The van der Waals surface area contributed by atoms with Gasteiger partial charge >= 0.3 is 0 Å². The van der Waals surface area contributed by atoms with Crippen molar-refractivity contribution in [3.63, 3.8) is 0 Å². The Labute approximate surface area is 95.2 Å². The average Bonchev–Trinajstić information content (AvgIpc) is 2.11. The monoisotopic (exact) mass is 248 g/mol. The molecule has 0 radical (unpaired) electrons. The number of fused-ring (bicyclic) bond motifs is 2. The topological polar surface area (TPSA) is 69.7 Å². The lowest BCUT2D eigenvalue weighted by atomic mass is 9.92. The first kappa shape index (κ1) is 12.0. The zero-order chi connectivity index (χ0) is 12.2. The van der Waals surface area contributed by atoms with Crippen LogP contribution in [-0.4, -0.2) is 37.8 Å². The maximum Gasteiger partial charge on any atom is 0.264 e. The van der Waals surface area contributed by atoms with Gasteiger partial charge in [0.1, 0.15) is 5.60 Å². The van der Waals surface area contributed by atoms with Crippen molar-refractivity contribution in [3.8, 4) is 0 Å². The second-order valence-corrected chi connectivity index (χ2v) is 6.81. The standard InChI is InChI=1S/C10H16O5S/c1-9-4-7(14-16(3,12)13)5-10(2,15-9)8(11)6-9/h7H,4-6H2,1-3H3/t7-,9-,10+/m0/s1. The average molecular weight is 248 g/mol. The van der Waals surface area contributed by atoms with Crippen LogP contribution >= 0.6 is 0 Å². The van der Waals surface area contributed by atoms with Crippen molar-refractivity contribution in [3.05, 3.63) is 0 Å². The van der Waals surface area contributed by atoms with Crippen LogP contribution in [0.4, 0.5) is 0 Å². The molecule has 0 aromatic heterocycles. The molecule has 0 amide bonds. The van der Waals surface area contributed by atoms with Gasteiger partial charge in [0.25, 0.3) is 10.1 Å².